The van der Waals surface area contributed by atoms with Gasteiger partial charge < -0.3 is 10.1 Å². The molecule has 1 heterocycles. The first-order chi connectivity index (χ1) is 11.6. The molecule has 3 rings (SSSR count). The van der Waals surface area contributed by atoms with Crippen LogP contribution in [-0.4, -0.2) is 18.1 Å². The molecule has 0 aliphatic carbocycles. The number of benzene rings is 2. The van der Waals surface area contributed by atoms with Gasteiger partial charge in [-0.15, -0.1) is 11.3 Å². The number of aromatic nitrogens is 1. The normalized spacial score (nSPS) is 10.5. The van der Waals surface area contributed by atoms with Gasteiger partial charge in [0.05, 0.1) is 18.4 Å². The number of anilines is 2. The van der Waals surface area contributed by atoms with Gasteiger partial charge in [-0.1, -0.05) is 28.1 Å². The summed E-state index contributed by atoms with van der Waals surface area (Å²) in [6.45, 7) is 2.06. The number of methoxy groups -OCH3 is 1. The standard InChI is InChI=1S/C18H15BrN2O2S/c1-11-16(12-3-7-14(19)8-4-12)21-18(24-11)20-15-9-5-13(6-10-15)17(22)23-2/h3-10H,1-2H3,(H,20,21). The second-order valence-electron chi connectivity index (χ2n) is 5.12. The van der Waals surface area contributed by atoms with Crippen LogP contribution in [0.2, 0.25) is 0 Å². The summed E-state index contributed by atoms with van der Waals surface area (Å²) in [5, 5.41) is 4.09. The fourth-order valence-corrected chi connectivity index (χ4v) is 3.38. The third-order valence-corrected chi connectivity index (χ3v) is 4.89. The number of aryl methyl sites for hydroxylation is 1. The summed E-state index contributed by atoms with van der Waals surface area (Å²) in [7, 11) is 1.37. The van der Waals surface area contributed by atoms with E-state index in [0.717, 1.165) is 31.4 Å². The number of thiazole rings is 1. The Morgan fingerprint density at radius 1 is 1.12 bits per heavy atom. The van der Waals surface area contributed by atoms with E-state index in [1.165, 1.54) is 7.11 Å². The summed E-state index contributed by atoms with van der Waals surface area (Å²) in [6, 6.07) is 15.2. The molecule has 24 heavy (non-hydrogen) atoms. The Bertz CT molecular complexity index is 858. The molecule has 0 fully saturated rings. The van der Waals surface area contributed by atoms with Crippen LogP contribution in [0.25, 0.3) is 11.3 Å². The average molecular weight is 403 g/mol. The van der Waals surface area contributed by atoms with Gasteiger partial charge in [-0.2, -0.15) is 0 Å². The smallest absolute Gasteiger partial charge is 0.337 e. The highest BCUT2D eigenvalue weighted by molar-refractivity contribution is 9.10. The van der Waals surface area contributed by atoms with E-state index in [-0.39, 0.29) is 5.97 Å². The zero-order valence-corrected chi connectivity index (χ0v) is 15.6. The number of carbonyl (C=O) groups excluding carboxylic acids is 1. The molecular formula is C18H15BrN2O2S. The Morgan fingerprint density at radius 2 is 1.79 bits per heavy atom. The molecule has 0 unspecified atom stereocenters. The number of hydrogen-bond donors (Lipinski definition) is 1. The van der Waals surface area contributed by atoms with Gasteiger partial charge in [-0.05, 0) is 43.3 Å². The second-order valence-corrected chi connectivity index (χ2v) is 7.24. The first kappa shape index (κ1) is 16.7. The number of ether oxygens (including phenoxy) is 1. The summed E-state index contributed by atoms with van der Waals surface area (Å²) >= 11 is 5.04. The van der Waals surface area contributed by atoms with Gasteiger partial charge in [-0.3, -0.25) is 0 Å². The minimum Gasteiger partial charge on any atom is -0.465 e. The molecule has 0 saturated heterocycles. The quantitative estimate of drug-likeness (QED) is 0.592. The molecule has 122 valence electrons. The van der Waals surface area contributed by atoms with Gasteiger partial charge in [0.25, 0.3) is 0 Å². The Hall–Kier alpha value is -2.18. The molecule has 0 spiro atoms. The molecular weight excluding hydrogens is 388 g/mol. The zero-order chi connectivity index (χ0) is 17.1. The predicted octanol–water partition coefficient (Wildman–Crippen LogP) is 5.41. The average Bonchev–Trinajstić information content (AvgIpc) is 2.96. The summed E-state index contributed by atoms with van der Waals surface area (Å²) in [4.78, 5) is 17.3. The van der Waals surface area contributed by atoms with E-state index in [9.17, 15) is 4.79 Å². The van der Waals surface area contributed by atoms with Crippen LogP contribution in [0.3, 0.4) is 0 Å². The van der Waals surface area contributed by atoms with Crippen LogP contribution in [0.4, 0.5) is 10.8 Å². The Morgan fingerprint density at radius 3 is 2.42 bits per heavy atom. The van der Waals surface area contributed by atoms with Gasteiger partial charge in [0.1, 0.15) is 0 Å². The number of halogens is 1. The molecule has 6 heteroatoms. The van der Waals surface area contributed by atoms with Crippen LogP contribution in [0.5, 0.6) is 0 Å². The van der Waals surface area contributed by atoms with Crippen molar-refractivity contribution in [3.8, 4) is 11.3 Å². The van der Waals surface area contributed by atoms with Gasteiger partial charge in [0.2, 0.25) is 0 Å². The summed E-state index contributed by atoms with van der Waals surface area (Å²) in [5.41, 5.74) is 3.45. The van der Waals surface area contributed by atoms with Gasteiger partial charge >= 0.3 is 5.97 Å². The van der Waals surface area contributed by atoms with E-state index in [0.29, 0.717) is 5.56 Å². The van der Waals surface area contributed by atoms with Crippen molar-refractivity contribution in [3.05, 3.63) is 63.4 Å². The van der Waals surface area contributed by atoms with E-state index in [1.807, 2.05) is 36.4 Å². The van der Waals surface area contributed by atoms with Crippen molar-refractivity contribution < 1.29 is 9.53 Å². The SMILES string of the molecule is COC(=O)c1ccc(Nc2nc(-c3ccc(Br)cc3)c(C)s2)cc1. The van der Waals surface area contributed by atoms with Crippen LogP contribution in [0.15, 0.2) is 53.0 Å². The predicted molar refractivity (Wildman–Crippen MR) is 101 cm³/mol. The molecule has 2 aromatic carbocycles. The zero-order valence-electron chi connectivity index (χ0n) is 13.2. The van der Waals surface area contributed by atoms with Crippen LogP contribution in [0.1, 0.15) is 15.2 Å². The van der Waals surface area contributed by atoms with Crippen molar-refractivity contribution in [2.75, 3.05) is 12.4 Å². The Labute approximate surface area is 152 Å². The third-order valence-electron chi connectivity index (χ3n) is 3.47. The number of carbonyl (C=O) groups is 1. The molecule has 0 radical (unpaired) electrons. The van der Waals surface area contributed by atoms with Crippen molar-refractivity contribution in [1.29, 1.82) is 0 Å². The Kier molecular flexibility index (Phi) is 4.97. The molecule has 1 aromatic heterocycles. The molecule has 4 nitrogen and oxygen atoms in total. The highest BCUT2D eigenvalue weighted by Gasteiger charge is 2.10. The number of rotatable bonds is 4. The fourth-order valence-electron chi connectivity index (χ4n) is 2.26. The topological polar surface area (TPSA) is 51.2 Å². The summed E-state index contributed by atoms with van der Waals surface area (Å²) < 4.78 is 5.74. The molecule has 0 aliphatic heterocycles. The molecule has 1 N–H and O–H groups in total. The minimum atomic E-state index is -0.343. The first-order valence-electron chi connectivity index (χ1n) is 7.25. The summed E-state index contributed by atoms with van der Waals surface area (Å²) in [5.74, 6) is -0.343. The number of nitrogens with one attached hydrogen (secondary N) is 1. The van der Waals surface area contributed by atoms with Crippen LogP contribution < -0.4 is 5.32 Å². The lowest BCUT2D eigenvalue weighted by Gasteiger charge is -2.04. The van der Waals surface area contributed by atoms with E-state index in [2.05, 4.69) is 33.2 Å². The lowest BCUT2D eigenvalue weighted by molar-refractivity contribution is 0.0601. The van der Waals surface area contributed by atoms with Crippen molar-refractivity contribution in [2.24, 2.45) is 0 Å². The minimum absolute atomic E-state index is 0.343. The van der Waals surface area contributed by atoms with Crippen LogP contribution >= 0.6 is 27.3 Å². The highest BCUT2D eigenvalue weighted by atomic mass is 79.9. The van der Waals surface area contributed by atoms with E-state index < -0.39 is 0 Å². The molecule has 0 bridgehead atoms. The maximum absolute atomic E-state index is 11.5. The maximum atomic E-state index is 11.5. The fraction of sp³-hybridized carbons (Fsp3) is 0.111. The van der Waals surface area contributed by atoms with Crippen molar-refractivity contribution in [2.45, 2.75) is 6.92 Å². The van der Waals surface area contributed by atoms with Crippen molar-refractivity contribution >= 4 is 44.1 Å². The number of nitrogens with zero attached hydrogens (tertiary/aromatic N) is 1. The van der Waals surface area contributed by atoms with Gasteiger partial charge in [0, 0.05) is 20.6 Å². The van der Waals surface area contributed by atoms with Crippen molar-refractivity contribution in [1.82, 2.24) is 4.98 Å². The monoisotopic (exact) mass is 402 g/mol. The Balaban J connectivity index is 1.80. The van der Waals surface area contributed by atoms with Crippen LogP contribution in [0, 0.1) is 6.92 Å². The first-order valence-corrected chi connectivity index (χ1v) is 8.86. The van der Waals surface area contributed by atoms with Gasteiger partial charge in [0.15, 0.2) is 5.13 Å². The van der Waals surface area contributed by atoms with Crippen molar-refractivity contribution in [3.63, 3.8) is 0 Å². The van der Waals surface area contributed by atoms with E-state index in [1.54, 1.807) is 23.5 Å². The van der Waals surface area contributed by atoms with Gasteiger partial charge in [-0.25, -0.2) is 9.78 Å². The highest BCUT2D eigenvalue weighted by Crippen LogP contribution is 2.32. The summed E-state index contributed by atoms with van der Waals surface area (Å²) in [6.07, 6.45) is 0. The molecule has 0 atom stereocenters. The lowest BCUT2D eigenvalue weighted by atomic mass is 10.1. The molecule has 0 saturated carbocycles. The molecule has 0 aliphatic rings. The molecule has 3 aromatic rings. The third kappa shape index (κ3) is 3.66. The number of hydrogen-bond acceptors (Lipinski definition) is 5. The number of esters is 1. The molecule has 0 amide bonds. The maximum Gasteiger partial charge on any atom is 0.337 e. The van der Waals surface area contributed by atoms with E-state index in [4.69, 9.17) is 4.74 Å². The second kappa shape index (κ2) is 7.15. The van der Waals surface area contributed by atoms with E-state index >= 15 is 0 Å². The van der Waals surface area contributed by atoms with Crippen LogP contribution in [-0.2, 0) is 4.74 Å². The lowest BCUT2D eigenvalue weighted by Crippen LogP contribution is -2.00. The largest absolute Gasteiger partial charge is 0.465 e.